The molecule has 0 spiro atoms. The number of aromatic nitrogens is 2. The fraction of sp³-hybridized carbons (Fsp3) is 0.0345. The maximum Gasteiger partial charge on any atom is 0.0888 e. The molecule has 0 fully saturated rings. The number of nitrogens with zero attached hydrogens (tertiary/aromatic N) is 2. The van der Waals surface area contributed by atoms with E-state index in [9.17, 15) is 0 Å². The Balaban J connectivity index is 1.39. The largest absolute Gasteiger partial charge is 0.252 e. The van der Waals surface area contributed by atoms with Crippen molar-refractivity contribution in [1.82, 2.24) is 9.97 Å². The van der Waals surface area contributed by atoms with Gasteiger partial charge in [0.25, 0.3) is 0 Å². The number of hydrogen-bond acceptors (Lipinski definition) is 2. The SMILES string of the molecule is Cc1cc(-c2ccccc2)ccc1-c1cnc(-c2ccc(-c3ccccc3)cc2)cn1. The molecule has 0 unspecified atom stereocenters. The molecule has 0 aliphatic carbocycles. The topological polar surface area (TPSA) is 25.8 Å². The first-order chi connectivity index (χ1) is 15.3. The Morgan fingerprint density at radius 3 is 1.52 bits per heavy atom. The summed E-state index contributed by atoms with van der Waals surface area (Å²) >= 11 is 0. The average molecular weight is 399 g/mol. The van der Waals surface area contributed by atoms with E-state index in [2.05, 4.69) is 103 Å². The fourth-order valence-corrected chi connectivity index (χ4v) is 3.84. The van der Waals surface area contributed by atoms with Crippen LogP contribution < -0.4 is 0 Å². The normalized spacial score (nSPS) is 10.7. The van der Waals surface area contributed by atoms with Crippen LogP contribution in [0.5, 0.6) is 0 Å². The fourth-order valence-electron chi connectivity index (χ4n) is 3.84. The van der Waals surface area contributed by atoms with Gasteiger partial charge in [-0.25, -0.2) is 0 Å². The molecule has 5 rings (SSSR count). The van der Waals surface area contributed by atoms with E-state index in [0.717, 1.165) is 22.5 Å². The van der Waals surface area contributed by atoms with Crippen LogP contribution in [-0.4, -0.2) is 9.97 Å². The Labute approximate surface area is 182 Å². The van der Waals surface area contributed by atoms with Gasteiger partial charge in [-0.3, -0.25) is 9.97 Å². The number of benzene rings is 4. The van der Waals surface area contributed by atoms with Gasteiger partial charge in [0, 0.05) is 11.1 Å². The van der Waals surface area contributed by atoms with E-state index in [1.807, 2.05) is 24.5 Å². The highest BCUT2D eigenvalue weighted by atomic mass is 14.8. The summed E-state index contributed by atoms with van der Waals surface area (Å²) in [6, 6.07) is 35.8. The molecule has 0 amide bonds. The van der Waals surface area contributed by atoms with Gasteiger partial charge in [0.15, 0.2) is 0 Å². The smallest absolute Gasteiger partial charge is 0.0888 e. The van der Waals surface area contributed by atoms with Crippen LogP contribution in [0.15, 0.2) is 116 Å². The van der Waals surface area contributed by atoms with Crippen LogP contribution in [0, 0.1) is 6.92 Å². The monoisotopic (exact) mass is 398 g/mol. The number of hydrogen-bond donors (Lipinski definition) is 0. The van der Waals surface area contributed by atoms with Crippen molar-refractivity contribution >= 4 is 0 Å². The number of aryl methyl sites for hydroxylation is 1. The second kappa shape index (κ2) is 8.37. The summed E-state index contributed by atoms with van der Waals surface area (Å²) in [7, 11) is 0. The first-order valence-electron chi connectivity index (χ1n) is 10.4. The van der Waals surface area contributed by atoms with Gasteiger partial charge >= 0.3 is 0 Å². The van der Waals surface area contributed by atoms with Crippen LogP contribution in [0.3, 0.4) is 0 Å². The van der Waals surface area contributed by atoms with Gasteiger partial charge in [-0.05, 0) is 34.7 Å². The third kappa shape index (κ3) is 4.01. The molecule has 0 radical (unpaired) electrons. The Morgan fingerprint density at radius 2 is 0.935 bits per heavy atom. The van der Waals surface area contributed by atoms with E-state index in [4.69, 9.17) is 4.98 Å². The third-order valence-corrected chi connectivity index (χ3v) is 5.55. The van der Waals surface area contributed by atoms with Crippen LogP contribution in [0.25, 0.3) is 44.8 Å². The zero-order valence-corrected chi connectivity index (χ0v) is 17.4. The van der Waals surface area contributed by atoms with Gasteiger partial charge in [0.2, 0.25) is 0 Å². The summed E-state index contributed by atoms with van der Waals surface area (Å²) < 4.78 is 0. The minimum atomic E-state index is 0.877. The van der Waals surface area contributed by atoms with Crippen LogP contribution in [0.2, 0.25) is 0 Å². The van der Waals surface area contributed by atoms with Crippen molar-refractivity contribution in [2.24, 2.45) is 0 Å². The van der Waals surface area contributed by atoms with E-state index >= 15 is 0 Å². The van der Waals surface area contributed by atoms with E-state index in [1.54, 1.807) is 0 Å². The highest BCUT2D eigenvalue weighted by Gasteiger charge is 2.08. The quantitative estimate of drug-likeness (QED) is 0.314. The van der Waals surface area contributed by atoms with Gasteiger partial charge in [-0.15, -0.1) is 0 Å². The second-order valence-electron chi connectivity index (χ2n) is 7.63. The van der Waals surface area contributed by atoms with Crippen LogP contribution >= 0.6 is 0 Å². The molecule has 0 saturated carbocycles. The van der Waals surface area contributed by atoms with Crippen LogP contribution in [0.4, 0.5) is 0 Å². The summed E-state index contributed by atoms with van der Waals surface area (Å²) in [6.45, 7) is 2.12. The molecule has 2 heteroatoms. The van der Waals surface area contributed by atoms with Crippen LogP contribution in [0.1, 0.15) is 5.56 Å². The third-order valence-electron chi connectivity index (χ3n) is 5.55. The predicted octanol–water partition coefficient (Wildman–Crippen LogP) is 7.45. The summed E-state index contributed by atoms with van der Waals surface area (Å²) in [5.41, 5.74) is 9.97. The van der Waals surface area contributed by atoms with Gasteiger partial charge in [0.1, 0.15) is 0 Å². The van der Waals surface area contributed by atoms with E-state index in [1.165, 1.54) is 27.8 Å². The van der Waals surface area contributed by atoms with Crippen molar-refractivity contribution in [2.75, 3.05) is 0 Å². The molecule has 4 aromatic carbocycles. The molecule has 148 valence electrons. The summed E-state index contributed by atoms with van der Waals surface area (Å²) in [4.78, 5) is 9.39. The lowest BCUT2D eigenvalue weighted by molar-refractivity contribution is 1.20. The Bertz CT molecular complexity index is 1290. The van der Waals surface area contributed by atoms with Crippen molar-refractivity contribution in [3.63, 3.8) is 0 Å². The van der Waals surface area contributed by atoms with Crippen molar-refractivity contribution in [3.8, 4) is 44.8 Å². The molecule has 0 aliphatic rings. The minimum absolute atomic E-state index is 0.877. The zero-order valence-electron chi connectivity index (χ0n) is 17.4. The maximum absolute atomic E-state index is 4.71. The minimum Gasteiger partial charge on any atom is -0.252 e. The lowest BCUT2D eigenvalue weighted by Gasteiger charge is -2.09. The lowest BCUT2D eigenvalue weighted by atomic mass is 9.98. The summed E-state index contributed by atoms with van der Waals surface area (Å²) in [6.07, 6.45) is 3.72. The standard InChI is InChI=1S/C29H22N2/c1-21-18-26(23-10-6-3-7-11-23)16-17-27(21)29-20-30-28(19-31-29)25-14-12-24(13-15-25)22-8-4-2-5-9-22/h2-20H,1H3. The van der Waals surface area contributed by atoms with Gasteiger partial charge < -0.3 is 0 Å². The van der Waals surface area contributed by atoms with Crippen molar-refractivity contribution < 1.29 is 0 Å². The first kappa shape index (κ1) is 19.0. The molecule has 31 heavy (non-hydrogen) atoms. The first-order valence-corrected chi connectivity index (χ1v) is 10.4. The van der Waals surface area contributed by atoms with Gasteiger partial charge in [-0.2, -0.15) is 0 Å². The average Bonchev–Trinajstić information content (AvgIpc) is 2.85. The predicted molar refractivity (Wildman–Crippen MR) is 129 cm³/mol. The zero-order chi connectivity index (χ0) is 21.0. The molecule has 1 heterocycles. The van der Waals surface area contributed by atoms with E-state index in [-0.39, 0.29) is 0 Å². The molecule has 1 aromatic heterocycles. The molecule has 0 N–H and O–H groups in total. The van der Waals surface area contributed by atoms with Crippen molar-refractivity contribution in [1.29, 1.82) is 0 Å². The highest BCUT2D eigenvalue weighted by molar-refractivity contribution is 5.73. The maximum atomic E-state index is 4.71. The molecular formula is C29H22N2. The molecule has 0 atom stereocenters. The highest BCUT2D eigenvalue weighted by Crippen LogP contribution is 2.28. The van der Waals surface area contributed by atoms with Crippen molar-refractivity contribution in [3.05, 3.63) is 121 Å². The van der Waals surface area contributed by atoms with Gasteiger partial charge in [0.05, 0.1) is 23.8 Å². The second-order valence-corrected chi connectivity index (χ2v) is 7.63. The van der Waals surface area contributed by atoms with Gasteiger partial charge in [-0.1, -0.05) is 103 Å². The van der Waals surface area contributed by atoms with E-state index in [0.29, 0.717) is 0 Å². The molecule has 2 nitrogen and oxygen atoms in total. The lowest BCUT2D eigenvalue weighted by Crippen LogP contribution is -1.92. The Morgan fingerprint density at radius 1 is 0.452 bits per heavy atom. The van der Waals surface area contributed by atoms with Crippen molar-refractivity contribution in [2.45, 2.75) is 6.92 Å². The summed E-state index contributed by atoms with van der Waals surface area (Å²) in [5, 5.41) is 0. The van der Waals surface area contributed by atoms with E-state index < -0.39 is 0 Å². The van der Waals surface area contributed by atoms with Crippen LogP contribution in [-0.2, 0) is 0 Å². The molecule has 0 bridgehead atoms. The molecule has 0 aliphatic heterocycles. The Hall–Kier alpha value is -4.04. The Kier molecular flexibility index (Phi) is 5.12. The molecule has 0 saturated heterocycles. The summed E-state index contributed by atoms with van der Waals surface area (Å²) in [5.74, 6) is 0. The molecular weight excluding hydrogens is 376 g/mol. The molecule has 5 aromatic rings. The number of rotatable bonds is 4.